The van der Waals surface area contributed by atoms with Crippen LogP contribution in [0.2, 0.25) is 0 Å². The van der Waals surface area contributed by atoms with Crippen molar-refractivity contribution >= 4 is 0 Å². The van der Waals surface area contributed by atoms with Crippen molar-refractivity contribution in [2.45, 2.75) is 31.4 Å². The van der Waals surface area contributed by atoms with Crippen LogP contribution in [0.1, 0.15) is 12.0 Å². The van der Waals surface area contributed by atoms with Gasteiger partial charge in [-0.1, -0.05) is 0 Å². The number of benzene rings is 1. The number of halogens is 4. The lowest BCUT2D eigenvalue weighted by Gasteiger charge is -2.14. The molecule has 2 N–H and O–H groups in total. The molecule has 1 aliphatic heterocycles. The zero-order valence-electron chi connectivity index (χ0n) is 12.9. The van der Waals surface area contributed by atoms with Crippen LogP contribution in [0.5, 0.6) is 5.75 Å². The number of alkyl halides is 4. The van der Waals surface area contributed by atoms with Crippen LogP contribution in [0, 0.1) is 0 Å². The van der Waals surface area contributed by atoms with Crippen molar-refractivity contribution in [3.05, 3.63) is 46.6 Å². The lowest BCUT2D eigenvalue weighted by Crippen LogP contribution is -2.32. The SMILES string of the molecule is O=c1c(-c2ccc(C(F)(F)F)cc2O)cncn1C[C@@H]1C[C@H](F)CN1. The molecule has 5 nitrogen and oxygen atoms in total. The van der Waals surface area contributed by atoms with Gasteiger partial charge in [-0.25, -0.2) is 9.37 Å². The van der Waals surface area contributed by atoms with Gasteiger partial charge in [0.05, 0.1) is 17.5 Å². The van der Waals surface area contributed by atoms with E-state index in [0.717, 1.165) is 12.1 Å². The fourth-order valence-corrected chi connectivity index (χ4v) is 2.85. The lowest BCUT2D eigenvalue weighted by molar-refractivity contribution is -0.137. The van der Waals surface area contributed by atoms with E-state index in [2.05, 4.69) is 10.3 Å². The van der Waals surface area contributed by atoms with E-state index < -0.39 is 29.2 Å². The summed E-state index contributed by atoms with van der Waals surface area (Å²) in [6.45, 7) is 0.397. The molecule has 1 aliphatic rings. The minimum absolute atomic E-state index is 0.0245. The molecule has 134 valence electrons. The molecule has 1 fully saturated rings. The second-order valence-electron chi connectivity index (χ2n) is 5.93. The largest absolute Gasteiger partial charge is 0.507 e. The summed E-state index contributed by atoms with van der Waals surface area (Å²) in [5.41, 5.74) is -1.60. The van der Waals surface area contributed by atoms with Crippen LogP contribution in [0.25, 0.3) is 11.1 Å². The van der Waals surface area contributed by atoms with Crippen molar-refractivity contribution in [3.63, 3.8) is 0 Å². The maximum Gasteiger partial charge on any atom is 0.416 e. The molecule has 0 aliphatic carbocycles. The monoisotopic (exact) mass is 357 g/mol. The molecule has 0 radical (unpaired) electrons. The van der Waals surface area contributed by atoms with Gasteiger partial charge in [0, 0.05) is 30.9 Å². The maximum absolute atomic E-state index is 13.2. The van der Waals surface area contributed by atoms with E-state index in [-0.39, 0.29) is 36.7 Å². The molecule has 0 bridgehead atoms. The molecule has 2 heterocycles. The quantitative estimate of drug-likeness (QED) is 0.828. The highest BCUT2D eigenvalue weighted by molar-refractivity contribution is 5.69. The second-order valence-corrected chi connectivity index (χ2v) is 5.93. The van der Waals surface area contributed by atoms with Gasteiger partial charge in [0.25, 0.3) is 5.56 Å². The number of phenolic OH excluding ortho intramolecular Hbond substituents is 1. The maximum atomic E-state index is 13.2. The predicted molar refractivity (Wildman–Crippen MR) is 81.9 cm³/mol. The van der Waals surface area contributed by atoms with Gasteiger partial charge < -0.3 is 10.4 Å². The Balaban J connectivity index is 1.93. The van der Waals surface area contributed by atoms with Crippen LogP contribution < -0.4 is 10.9 Å². The number of aromatic hydroxyl groups is 1. The van der Waals surface area contributed by atoms with E-state index >= 15 is 0 Å². The van der Waals surface area contributed by atoms with Gasteiger partial charge >= 0.3 is 6.18 Å². The Morgan fingerprint density at radius 2 is 2.08 bits per heavy atom. The molecule has 0 spiro atoms. The Morgan fingerprint density at radius 3 is 2.68 bits per heavy atom. The molecule has 25 heavy (non-hydrogen) atoms. The normalized spacial score (nSPS) is 20.8. The molecular weight excluding hydrogens is 342 g/mol. The van der Waals surface area contributed by atoms with E-state index in [1.165, 1.54) is 17.1 Å². The number of phenols is 1. The van der Waals surface area contributed by atoms with Gasteiger partial charge in [0.1, 0.15) is 11.9 Å². The third-order valence-electron chi connectivity index (χ3n) is 4.10. The van der Waals surface area contributed by atoms with Crippen molar-refractivity contribution in [2.75, 3.05) is 6.54 Å². The van der Waals surface area contributed by atoms with Crippen molar-refractivity contribution in [1.29, 1.82) is 0 Å². The standard InChI is InChI=1S/C16H15F4N3O2/c17-10-4-11(22-5-10)7-23-8-21-6-13(15(23)25)12-2-1-9(3-14(12)24)16(18,19)20/h1-3,6,8,10-11,22,24H,4-5,7H2/t10-,11-/m0/s1. The summed E-state index contributed by atoms with van der Waals surface area (Å²) >= 11 is 0. The third-order valence-corrected chi connectivity index (χ3v) is 4.10. The van der Waals surface area contributed by atoms with Gasteiger partial charge in [-0.2, -0.15) is 13.2 Å². The molecule has 3 rings (SSSR count). The minimum atomic E-state index is -4.60. The Kier molecular flexibility index (Phi) is 4.51. The van der Waals surface area contributed by atoms with Crippen molar-refractivity contribution < 1.29 is 22.7 Å². The average Bonchev–Trinajstić information content (AvgIpc) is 2.94. The van der Waals surface area contributed by atoms with Gasteiger partial charge in [-0.05, 0) is 24.6 Å². The van der Waals surface area contributed by atoms with Crippen LogP contribution in [0.4, 0.5) is 17.6 Å². The Morgan fingerprint density at radius 1 is 1.32 bits per heavy atom. The van der Waals surface area contributed by atoms with E-state index in [4.69, 9.17) is 0 Å². The first-order valence-electron chi connectivity index (χ1n) is 7.58. The van der Waals surface area contributed by atoms with Crippen LogP contribution >= 0.6 is 0 Å². The molecule has 1 aromatic heterocycles. The van der Waals surface area contributed by atoms with Crippen molar-refractivity contribution in [3.8, 4) is 16.9 Å². The van der Waals surface area contributed by atoms with Gasteiger partial charge in [-0.15, -0.1) is 0 Å². The number of nitrogens with zero attached hydrogens (tertiary/aromatic N) is 2. The first-order chi connectivity index (χ1) is 11.8. The van der Waals surface area contributed by atoms with Crippen LogP contribution in [-0.2, 0) is 12.7 Å². The smallest absolute Gasteiger partial charge is 0.416 e. The molecule has 9 heteroatoms. The highest BCUT2D eigenvalue weighted by atomic mass is 19.4. The summed E-state index contributed by atoms with van der Waals surface area (Å²) in [6, 6.07) is 2.16. The second kappa shape index (κ2) is 6.47. The van der Waals surface area contributed by atoms with E-state index in [1.54, 1.807) is 0 Å². The van der Waals surface area contributed by atoms with Gasteiger partial charge in [0.15, 0.2) is 0 Å². The fraction of sp³-hybridized carbons (Fsp3) is 0.375. The molecule has 2 atom stereocenters. The van der Waals surface area contributed by atoms with Crippen LogP contribution in [0.15, 0.2) is 35.5 Å². The number of hydrogen-bond donors (Lipinski definition) is 2. The molecule has 1 aromatic carbocycles. The molecule has 0 saturated carbocycles. The van der Waals surface area contributed by atoms with E-state index in [0.29, 0.717) is 6.07 Å². The summed E-state index contributed by atoms with van der Waals surface area (Å²) in [5.74, 6) is -0.658. The van der Waals surface area contributed by atoms with Crippen molar-refractivity contribution in [2.24, 2.45) is 0 Å². The summed E-state index contributed by atoms with van der Waals surface area (Å²) in [5, 5.41) is 12.8. The van der Waals surface area contributed by atoms with Gasteiger partial charge in [-0.3, -0.25) is 9.36 Å². The zero-order chi connectivity index (χ0) is 18.2. The summed E-state index contributed by atoms with van der Waals surface area (Å²) in [6.07, 6.45) is -2.85. The summed E-state index contributed by atoms with van der Waals surface area (Å²) in [7, 11) is 0. The number of hydrogen-bond acceptors (Lipinski definition) is 4. The molecule has 2 aromatic rings. The molecule has 0 amide bonds. The van der Waals surface area contributed by atoms with Crippen LogP contribution in [-0.4, -0.2) is 33.4 Å². The number of nitrogens with one attached hydrogen (secondary N) is 1. The Labute approximate surface area is 139 Å². The average molecular weight is 357 g/mol. The number of aromatic nitrogens is 2. The summed E-state index contributed by atoms with van der Waals surface area (Å²) in [4.78, 5) is 16.4. The van der Waals surface area contributed by atoms with Gasteiger partial charge in [0.2, 0.25) is 0 Å². The number of rotatable bonds is 3. The Hall–Kier alpha value is -2.42. The topological polar surface area (TPSA) is 67.1 Å². The van der Waals surface area contributed by atoms with Crippen molar-refractivity contribution in [1.82, 2.24) is 14.9 Å². The molecule has 1 saturated heterocycles. The summed E-state index contributed by atoms with van der Waals surface area (Å²) < 4.78 is 52.5. The zero-order valence-corrected chi connectivity index (χ0v) is 12.9. The lowest BCUT2D eigenvalue weighted by atomic mass is 10.0. The van der Waals surface area contributed by atoms with E-state index in [1.807, 2.05) is 0 Å². The van der Waals surface area contributed by atoms with Crippen LogP contribution in [0.3, 0.4) is 0 Å². The minimum Gasteiger partial charge on any atom is -0.507 e. The highest BCUT2D eigenvalue weighted by Gasteiger charge is 2.31. The Bertz CT molecular complexity index is 835. The first kappa shape index (κ1) is 17.4. The first-order valence-corrected chi connectivity index (χ1v) is 7.58. The van der Waals surface area contributed by atoms with E-state index in [9.17, 15) is 27.5 Å². The molecule has 0 unspecified atom stereocenters. The third kappa shape index (κ3) is 3.65. The fourth-order valence-electron chi connectivity index (χ4n) is 2.85. The predicted octanol–water partition coefficient (Wildman–Crippen LogP) is 2.33. The molecular formula is C16H15F4N3O2. The highest BCUT2D eigenvalue weighted by Crippen LogP contribution is 2.35.